The number of alkyl halides is 1. The Bertz CT molecular complexity index is 147. The number of hydrogen-bond acceptors (Lipinski definition) is 1. The molecule has 0 atom stereocenters. The minimum atomic E-state index is 0.566. The zero-order valence-corrected chi connectivity index (χ0v) is 7.58. The highest BCUT2D eigenvalue weighted by Crippen LogP contribution is 2.08. The first kappa shape index (κ1) is 9.86. The molecule has 10 heavy (non-hydrogen) atoms. The van der Waals surface area contributed by atoms with Crippen LogP contribution in [0.2, 0.25) is 0 Å². The molecule has 0 aliphatic rings. The van der Waals surface area contributed by atoms with E-state index in [9.17, 15) is 0 Å². The van der Waals surface area contributed by atoms with Crippen molar-refractivity contribution >= 4 is 23.4 Å². The van der Waals surface area contributed by atoms with Crippen molar-refractivity contribution in [1.82, 2.24) is 0 Å². The van der Waals surface area contributed by atoms with Crippen LogP contribution in [0, 0.1) is 0 Å². The lowest BCUT2D eigenvalue weighted by atomic mass is 10.4. The molecule has 56 valence electrons. The summed E-state index contributed by atoms with van der Waals surface area (Å²) in [5, 5.41) is 0. The summed E-state index contributed by atoms with van der Waals surface area (Å²) in [4.78, 5) is 1.05. The average Bonchev–Trinajstić information content (AvgIpc) is 1.98. The molecule has 0 fully saturated rings. The fourth-order valence-electron chi connectivity index (χ4n) is 0.361. The summed E-state index contributed by atoms with van der Waals surface area (Å²) in [6.07, 6.45) is 9.67. The first-order valence-electron chi connectivity index (χ1n) is 2.93. The lowest BCUT2D eigenvalue weighted by Crippen LogP contribution is -1.61. The highest BCUT2D eigenvalue weighted by atomic mass is 35.5. The van der Waals surface area contributed by atoms with E-state index in [1.54, 1.807) is 11.8 Å². The SMILES string of the molecule is C=C(/C=C\C=C/CCl)SC. The number of rotatable bonds is 4. The van der Waals surface area contributed by atoms with Gasteiger partial charge >= 0.3 is 0 Å². The van der Waals surface area contributed by atoms with Crippen LogP contribution in [0.5, 0.6) is 0 Å². The molecule has 0 unspecified atom stereocenters. The molecular weight excluding hydrogens is 164 g/mol. The Kier molecular flexibility index (Phi) is 6.88. The molecule has 0 heterocycles. The van der Waals surface area contributed by atoms with Gasteiger partial charge in [0, 0.05) is 5.88 Å². The molecule has 0 aliphatic heterocycles. The van der Waals surface area contributed by atoms with Crippen LogP contribution in [0.4, 0.5) is 0 Å². The molecule has 0 aromatic heterocycles. The van der Waals surface area contributed by atoms with Gasteiger partial charge < -0.3 is 0 Å². The predicted octanol–water partition coefficient (Wildman–Crippen LogP) is 3.21. The molecule has 0 saturated carbocycles. The number of allylic oxidation sites excluding steroid dienone is 4. The summed E-state index contributed by atoms with van der Waals surface area (Å²) in [5.41, 5.74) is 0. The Morgan fingerprint density at radius 2 is 2.30 bits per heavy atom. The quantitative estimate of drug-likeness (QED) is 0.466. The number of halogens is 1. The Hall–Kier alpha value is -0.140. The molecule has 0 N–H and O–H groups in total. The van der Waals surface area contributed by atoms with Gasteiger partial charge in [-0.25, -0.2) is 0 Å². The zero-order valence-electron chi connectivity index (χ0n) is 6.01. The molecule has 0 aromatic rings. The smallest absolute Gasteiger partial charge is 0.0407 e. The molecule has 0 nitrogen and oxygen atoms in total. The molecule has 0 radical (unpaired) electrons. The van der Waals surface area contributed by atoms with Crippen LogP contribution in [0.1, 0.15) is 0 Å². The van der Waals surface area contributed by atoms with Crippen molar-refractivity contribution in [2.75, 3.05) is 12.1 Å². The molecule has 0 spiro atoms. The molecule has 0 bridgehead atoms. The average molecular weight is 175 g/mol. The van der Waals surface area contributed by atoms with Gasteiger partial charge in [-0.05, 0) is 17.2 Å². The first-order valence-corrected chi connectivity index (χ1v) is 4.69. The normalized spacial score (nSPS) is 11.4. The fourth-order valence-corrected chi connectivity index (χ4v) is 0.678. The minimum Gasteiger partial charge on any atom is -0.130 e. The summed E-state index contributed by atoms with van der Waals surface area (Å²) in [6.45, 7) is 3.78. The van der Waals surface area contributed by atoms with E-state index in [0.29, 0.717) is 5.88 Å². The van der Waals surface area contributed by atoms with Crippen LogP contribution < -0.4 is 0 Å². The van der Waals surface area contributed by atoms with Gasteiger partial charge in [-0.15, -0.1) is 23.4 Å². The molecule has 0 aliphatic carbocycles. The Morgan fingerprint density at radius 1 is 1.60 bits per heavy atom. The van der Waals surface area contributed by atoms with E-state index in [-0.39, 0.29) is 0 Å². The number of hydrogen-bond donors (Lipinski definition) is 0. The molecule has 0 amide bonds. The van der Waals surface area contributed by atoms with Gasteiger partial charge in [0.25, 0.3) is 0 Å². The van der Waals surface area contributed by atoms with Crippen molar-refractivity contribution in [3.63, 3.8) is 0 Å². The molecule has 0 aromatic carbocycles. The Morgan fingerprint density at radius 3 is 2.80 bits per heavy atom. The van der Waals surface area contributed by atoms with Gasteiger partial charge in [-0.1, -0.05) is 24.8 Å². The number of thioether (sulfide) groups is 1. The summed E-state index contributed by atoms with van der Waals surface area (Å²) in [6, 6.07) is 0. The molecular formula is C8H11ClS. The van der Waals surface area contributed by atoms with Crippen LogP contribution in [-0.4, -0.2) is 12.1 Å². The maximum Gasteiger partial charge on any atom is 0.0407 e. The van der Waals surface area contributed by atoms with E-state index < -0.39 is 0 Å². The van der Waals surface area contributed by atoms with Crippen molar-refractivity contribution in [3.05, 3.63) is 35.8 Å². The van der Waals surface area contributed by atoms with Crippen LogP contribution >= 0.6 is 23.4 Å². The largest absolute Gasteiger partial charge is 0.130 e. The lowest BCUT2D eigenvalue weighted by Gasteiger charge is -1.86. The van der Waals surface area contributed by atoms with E-state index in [0.717, 1.165) is 4.91 Å². The van der Waals surface area contributed by atoms with Gasteiger partial charge in [-0.2, -0.15) is 0 Å². The van der Waals surface area contributed by atoms with E-state index in [1.807, 2.05) is 30.6 Å². The molecule has 2 heteroatoms. The third-order valence-electron chi connectivity index (χ3n) is 0.881. The maximum atomic E-state index is 5.40. The third kappa shape index (κ3) is 5.99. The second-order valence-electron chi connectivity index (χ2n) is 1.61. The van der Waals surface area contributed by atoms with E-state index >= 15 is 0 Å². The van der Waals surface area contributed by atoms with E-state index in [4.69, 9.17) is 11.6 Å². The van der Waals surface area contributed by atoms with Crippen LogP contribution in [0.25, 0.3) is 0 Å². The first-order chi connectivity index (χ1) is 4.81. The summed E-state index contributed by atoms with van der Waals surface area (Å²) in [5.74, 6) is 0.566. The van der Waals surface area contributed by atoms with Crippen molar-refractivity contribution in [1.29, 1.82) is 0 Å². The van der Waals surface area contributed by atoms with Crippen molar-refractivity contribution in [3.8, 4) is 0 Å². The third-order valence-corrected chi connectivity index (χ3v) is 1.72. The van der Waals surface area contributed by atoms with Gasteiger partial charge in [0.2, 0.25) is 0 Å². The van der Waals surface area contributed by atoms with Crippen LogP contribution in [0.15, 0.2) is 35.8 Å². The van der Waals surface area contributed by atoms with Gasteiger partial charge in [-0.3, -0.25) is 0 Å². The van der Waals surface area contributed by atoms with Crippen molar-refractivity contribution in [2.45, 2.75) is 0 Å². The molecule has 0 rings (SSSR count). The second-order valence-corrected chi connectivity index (χ2v) is 2.85. The fraction of sp³-hybridized carbons (Fsp3) is 0.250. The van der Waals surface area contributed by atoms with Crippen LogP contribution in [-0.2, 0) is 0 Å². The second kappa shape index (κ2) is 6.97. The van der Waals surface area contributed by atoms with E-state index in [1.165, 1.54) is 0 Å². The summed E-state index contributed by atoms with van der Waals surface area (Å²) in [7, 11) is 0. The van der Waals surface area contributed by atoms with E-state index in [2.05, 4.69) is 6.58 Å². The summed E-state index contributed by atoms with van der Waals surface area (Å²) >= 11 is 7.04. The lowest BCUT2D eigenvalue weighted by molar-refractivity contribution is 1.73. The predicted molar refractivity (Wildman–Crippen MR) is 51.7 cm³/mol. The standard InChI is InChI=1S/C8H11ClS/c1-8(10-2)6-4-3-5-7-9/h3-6H,1,7H2,2H3/b5-3-,6-4-. The summed E-state index contributed by atoms with van der Waals surface area (Å²) < 4.78 is 0. The minimum absolute atomic E-state index is 0.566. The highest BCUT2D eigenvalue weighted by Gasteiger charge is 1.77. The zero-order chi connectivity index (χ0) is 7.82. The monoisotopic (exact) mass is 174 g/mol. The Labute approximate surface area is 71.7 Å². The molecule has 0 saturated heterocycles. The van der Waals surface area contributed by atoms with Gasteiger partial charge in [0.05, 0.1) is 0 Å². The maximum absolute atomic E-state index is 5.40. The van der Waals surface area contributed by atoms with Crippen molar-refractivity contribution in [2.24, 2.45) is 0 Å². The van der Waals surface area contributed by atoms with Gasteiger partial charge in [0.1, 0.15) is 0 Å². The Balaban J connectivity index is 3.55. The topological polar surface area (TPSA) is 0 Å². The van der Waals surface area contributed by atoms with Crippen molar-refractivity contribution < 1.29 is 0 Å². The van der Waals surface area contributed by atoms with Crippen LogP contribution in [0.3, 0.4) is 0 Å². The highest BCUT2D eigenvalue weighted by molar-refractivity contribution is 8.02. The van der Waals surface area contributed by atoms with Gasteiger partial charge in [0.15, 0.2) is 0 Å².